The first-order chi connectivity index (χ1) is 5.60. The summed E-state index contributed by atoms with van der Waals surface area (Å²) in [5, 5.41) is 0. The van der Waals surface area contributed by atoms with Crippen LogP contribution >= 0.6 is 8.69 Å². The van der Waals surface area contributed by atoms with E-state index < -0.39 is 8.69 Å². The molecule has 0 saturated heterocycles. The first-order valence-electron chi connectivity index (χ1n) is 2.70. The van der Waals surface area contributed by atoms with E-state index >= 15 is 0 Å². The molecule has 0 radical (unpaired) electrons. The van der Waals surface area contributed by atoms with Crippen LogP contribution in [0.5, 0.6) is 0 Å². The lowest BCUT2D eigenvalue weighted by Gasteiger charge is -1.93. The molecular weight excluding hydrogens is 183 g/mol. The van der Waals surface area contributed by atoms with Gasteiger partial charge in [0.05, 0.1) is 0 Å². The van der Waals surface area contributed by atoms with E-state index in [1.807, 2.05) is 0 Å². The van der Waals surface area contributed by atoms with Gasteiger partial charge in [-0.05, 0) is 0 Å². The van der Waals surface area contributed by atoms with E-state index in [1.165, 1.54) is 0 Å². The van der Waals surface area contributed by atoms with Crippen LogP contribution in [0.4, 0.5) is 17.8 Å². The van der Waals surface area contributed by atoms with Gasteiger partial charge in [-0.25, -0.2) is 0 Å². The van der Waals surface area contributed by atoms with Crippen molar-refractivity contribution < 1.29 is 9.46 Å². The first-order valence-corrected chi connectivity index (χ1v) is 3.69. The lowest BCUT2D eigenvalue weighted by atomic mass is 10.9. The van der Waals surface area contributed by atoms with Crippen LogP contribution in [0.25, 0.3) is 0 Å². The molecule has 1 unspecified atom stereocenters. The Morgan fingerprint density at radius 2 is 1.17 bits per heavy atom. The first kappa shape index (κ1) is 10.6. The number of hydrogen-bond donors (Lipinski definition) is 4. The van der Waals surface area contributed by atoms with E-state index in [1.54, 1.807) is 0 Å². The largest absolute Gasteiger partial charge is 0.368 e. The summed E-state index contributed by atoms with van der Waals surface area (Å²) in [7, 11) is -1.50. The lowest BCUT2D eigenvalue weighted by molar-refractivity contribution is 0.524. The number of nitrogens with two attached hydrogens (primary N) is 3. The maximum Gasteiger partial charge on any atom is 0.226 e. The van der Waals surface area contributed by atoms with Crippen LogP contribution in [-0.4, -0.2) is 19.8 Å². The molecule has 0 aliphatic rings. The number of anilines is 3. The molecule has 68 valence electrons. The summed E-state index contributed by atoms with van der Waals surface area (Å²) in [5.41, 5.74) is 15.4. The fraction of sp³-hybridized carbons (Fsp3) is 0. The number of nitrogens with zero attached hydrogens (tertiary/aromatic N) is 3. The van der Waals surface area contributed by atoms with Crippen molar-refractivity contribution in [3.63, 3.8) is 0 Å². The van der Waals surface area contributed by atoms with Gasteiger partial charge < -0.3 is 22.1 Å². The Kier molecular flexibility index (Phi) is 4.66. The smallest absolute Gasteiger partial charge is 0.226 e. The van der Waals surface area contributed by atoms with Crippen molar-refractivity contribution in [3.05, 3.63) is 0 Å². The van der Waals surface area contributed by atoms with Crippen LogP contribution in [0.15, 0.2) is 0 Å². The summed E-state index contributed by atoms with van der Waals surface area (Å²) in [4.78, 5) is 17.6. The molecule has 0 aromatic carbocycles. The third-order valence-electron chi connectivity index (χ3n) is 0.687. The Bertz CT molecular complexity index is 216. The van der Waals surface area contributed by atoms with Crippen LogP contribution in [0.1, 0.15) is 0 Å². The summed E-state index contributed by atoms with van der Waals surface area (Å²) in [6.07, 6.45) is 0. The molecule has 0 fully saturated rings. The van der Waals surface area contributed by atoms with E-state index in [-0.39, 0.29) is 17.8 Å². The molecule has 1 atom stereocenters. The van der Waals surface area contributed by atoms with E-state index in [2.05, 4.69) is 15.0 Å². The Labute approximate surface area is 69.1 Å². The third-order valence-corrected chi connectivity index (χ3v) is 0.687. The molecule has 1 aromatic rings. The van der Waals surface area contributed by atoms with Crippen molar-refractivity contribution in [1.29, 1.82) is 0 Å². The monoisotopic (exact) mass is 192 g/mol. The van der Waals surface area contributed by atoms with Gasteiger partial charge in [-0.15, -0.1) is 0 Å². The van der Waals surface area contributed by atoms with Gasteiger partial charge in [0, 0.05) is 0 Å². The summed E-state index contributed by atoms with van der Waals surface area (Å²) in [6.45, 7) is 0. The van der Waals surface area contributed by atoms with Crippen LogP contribution in [0.2, 0.25) is 0 Å². The highest BCUT2D eigenvalue weighted by Crippen LogP contribution is 1.97. The van der Waals surface area contributed by atoms with Gasteiger partial charge >= 0.3 is 0 Å². The highest BCUT2D eigenvalue weighted by molar-refractivity contribution is 7.16. The van der Waals surface area contributed by atoms with Crippen LogP contribution < -0.4 is 17.2 Å². The second-order valence-electron chi connectivity index (χ2n) is 1.52. The van der Waals surface area contributed by atoms with Gasteiger partial charge in [0.1, 0.15) is 0 Å². The molecule has 0 saturated carbocycles. The van der Waals surface area contributed by atoms with Gasteiger partial charge in [-0.3, -0.25) is 4.57 Å². The molecule has 7 N–H and O–H groups in total. The van der Waals surface area contributed by atoms with Crippen LogP contribution in [0.3, 0.4) is 0 Å². The molecule has 1 heterocycles. The highest BCUT2D eigenvalue weighted by atomic mass is 31.1. The molecule has 0 spiro atoms. The maximum absolute atomic E-state index is 8.57. The normalized spacial score (nSPS) is 9.42. The molecule has 9 heteroatoms. The lowest BCUT2D eigenvalue weighted by Crippen LogP contribution is -2.05. The quantitative estimate of drug-likeness (QED) is 0.353. The predicted octanol–water partition coefficient (Wildman–Crippen LogP) is -1.73. The zero-order chi connectivity index (χ0) is 9.56. The molecule has 0 aliphatic carbocycles. The van der Waals surface area contributed by atoms with Crippen molar-refractivity contribution >= 4 is 26.5 Å². The topological polar surface area (TPSA) is 154 Å². The van der Waals surface area contributed by atoms with Gasteiger partial charge in [-0.2, -0.15) is 15.0 Å². The second-order valence-corrected chi connectivity index (χ2v) is 1.73. The SMILES string of the molecule is Nc1nc(N)nc(N)n1.O=[PH2]O. The Hall–Kier alpha value is -1.40. The standard InChI is InChI=1S/C3H6N6.H3O2P/c4-1-7-2(5)9-3(6)8-1;1-3-2/h(H6,4,5,6,7,8,9);3H2,(H,1,2). The molecule has 1 aromatic heterocycles. The number of hydrogen-bond acceptors (Lipinski definition) is 7. The van der Waals surface area contributed by atoms with Gasteiger partial charge in [-0.1, -0.05) is 0 Å². The number of aromatic nitrogens is 3. The fourth-order valence-electron chi connectivity index (χ4n) is 0.427. The second kappa shape index (κ2) is 5.28. The summed E-state index contributed by atoms with van der Waals surface area (Å²) in [5.74, 6) is 0.125. The van der Waals surface area contributed by atoms with E-state index in [0.29, 0.717) is 0 Å². The molecule has 1 rings (SSSR count). The molecule has 12 heavy (non-hydrogen) atoms. The zero-order valence-corrected chi connectivity index (χ0v) is 7.16. The van der Waals surface area contributed by atoms with E-state index in [4.69, 9.17) is 26.7 Å². The van der Waals surface area contributed by atoms with Gasteiger partial charge in [0.25, 0.3) is 0 Å². The minimum Gasteiger partial charge on any atom is -0.368 e. The van der Waals surface area contributed by atoms with Crippen molar-refractivity contribution in [3.8, 4) is 0 Å². The van der Waals surface area contributed by atoms with Crippen LogP contribution in [-0.2, 0) is 4.57 Å². The Morgan fingerprint density at radius 1 is 1.00 bits per heavy atom. The Morgan fingerprint density at radius 3 is 1.33 bits per heavy atom. The molecule has 0 bridgehead atoms. The van der Waals surface area contributed by atoms with Crippen molar-refractivity contribution in [2.24, 2.45) is 0 Å². The van der Waals surface area contributed by atoms with Gasteiger partial charge in [0.15, 0.2) is 8.69 Å². The maximum atomic E-state index is 8.57. The Balaban J connectivity index is 0.000000354. The number of rotatable bonds is 0. The minimum absolute atomic E-state index is 0.0417. The summed E-state index contributed by atoms with van der Waals surface area (Å²) < 4.78 is 8.57. The fourth-order valence-corrected chi connectivity index (χ4v) is 0.427. The van der Waals surface area contributed by atoms with Gasteiger partial charge in [0.2, 0.25) is 17.8 Å². The van der Waals surface area contributed by atoms with Crippen molar-refractivity contribution in [2.75, 3.05) is 17.2 Å². The molecule has 8 nitrogen and oxygen atoms in total. The average molecular weight is 192 g/mol. The summed E-state index contributed by atoms with van der Waals surface area (Å²) >= 11 is 0. The number of nitrogen functional groups attached to an aromatic ring is 3. The zero-order valence-electron chi connectivity index (χ0n) is 6.01. The van der Waals surface area contributed by atoms with E-state index in [0.717, 1.165) is 0 Å². The molecule has 0 amide bonds. The van der Waals surface area contributed by atoms with Crippen LogP contribution in [0, 0.1) is 0 Å². The summed E-state index contributed by atoms with van der Waals surface area (Å²) in [6, 6.07) is 0. The van der Waals surface area contributed by atoms with Crippen molar-refractivity contribution in [1.82, 2.24) is 15.0 Å². The molecule has 0 aliphatic heterocycles. The average Bonchev–Trinajstić information content (AvgIpc) is 1.84. The predicted molar refractivity (Wildman–Crippen MR) is 45.7 cm³/mol. The highest BCUT2D eigenvalue weighted by Gasteiger charge is 1.93. The van der Waals surface area contributed by atoms with E-state index in [9.17, 15) is 0 Å². The van der Waals surface area contributed by atoms with Crippen molar-refractivity contribution in [2.45, 2.75) is 0 Å². The molecular formula is C3H9N6O2P. The minimum atomic E-state index is -1.50. The third kappa shape index (κ3) is 4.42.